The van der Waals surface area contributed by atoms with Gasteiger partial charge in [0, 0.05) is 38.9 Å². The molecule has 6 nitrogen and oxygen atoms in total. The summed E-state index contributed by atoms with van der Waals surface area (Å²) in [7, 11) is 0. The molecule has 4 rings (SSSR count). The number of likely N-dealkylation sites (tertiary alicyclic amines) is 1. The van der Waals surface area contributed by atoms with Crippen LogP contribution in [0.4, 0.5) is 0 Å². The predicted molar refractivity (Wildman–Crippen MR) is 95.6 cm³/mol. The van der Waals surface area contributed by atoms with Gasteiger partial charge >= 0.3 is 11.9 Å². The smallest absolute Gasteiger partial charge is 0.366 e. The monoisotopic (exact) mass is 357 g/mol. The lowest BCUT2D eigenvalue weighted by atomic mass is 9.87. The van der Waals surface area contributed by atoms with Gasteiger partial charge in [-0.1, -0.05) is 30.3 Å². The van der Waals surface area contributed by atoms with E-state index in [9.17, 15) is 15.0 Å². The number of aliphatic carboxylic acids is 1. The van der Waals surface area contributed by atoms with Crippen molar-refractivity contribution in [2.45, 2.75) is 44.4 Å². The number of aliphatic hydroxyl groups is 1. The Kier molecular flexibility index (Phi) is 4.68. The molecule has 0 aliphatic carbocycles. The van der Waals surface area contributed by atoms with Crippen LogP contribution in [0, 0.1) is 5.92 Å². The van der Waals surface area contributed by atoms with E-state index in [1.54, 1.807) is 0 Å². The van der Waals surface area contributed by atoms with E-state index in [0.29, 0.717) is 17.8 Å². The molecule has 0 aromatic heterocycles. The SMILES string of the molecule is O=C(O)C1C(C(O)=[NH+]C2CCN(Cc3ccccc3)CC2)=C2CC[C@@H]1O2. The quantitative estimate of drug-likeness (QED) is 0.537. The van der Waals surface area contributed by atoms with Crippen molar-refractivity contribution in [2.24, 2.45) is 5.92 Å². The number of nitrogens with one attached hydrogen (secondary N) is 1. The summed E-state index contributed by atoms with van der Waals surface area (Å²) in [6.07, 6.45) is 2.95. The summed E-state index contributed by atoms with van der Waals surface area (Å²) >= 11 is 0. The third-order valence-corrected chi connectivity index (χ3v) is 5.63. The number of hydrogen-bond donors (Lipinski definition) is 3. The molecule has 3 aliphatic heterocycles. The van der Waals surface area contributed by atoms with E-state index < -0.39 is 11.9 Å². The first kappa shape index (κ1) is 17.1. The fourth-order valence-corrected chi connectivity index (χ4v) is 4.28. The molecule has 1 unspecified atom stereocenters. The molecule has 26 heavy (non-hydrogen) atoms. The van der Waals surface area contributed by atoms with Gasteiger partial charge < -0.3 is 14.9 Å². The minimum atomic E-state index is -0.925. The predicted octanol–water partition coefficient (Wildman–Crippen LogP) is 0.836. The summed E-state index contributed by atoms with van der Waals surface area (Å²) < 4.78 is 5.62. The van der Waals surface area contributed by atoms with Crippen molar-refractivity contribution in [3.8, 4) is 0 Å². The first-order valence-corrected chi connectivity index (χ1v) is 9.33. The molecule has 3 N–H and O–H groups in total. The first-order chi connectivity index (χ1) is 12.6. The maximum atomic E-state index is 11.5. The highest BCUT2D eigenvalue weighted by Gasteiger charge is 2.50. The van der Waals surface area contributed by atoms with Crippen molar-refractivity contribution in [3.63, 3.8) is 0 Å². The molecule has 2 fully saturated rings. The lowest BCUT2D eigenvalue weighted by Gasteiger charge is -2.28. The number of rotatable bonds is 5. The number of nitrogens with zero attached hydrogens (tertiary/aromatic N) is 1. The number of fused-ring (bicyclic) bond motifs is 2. The molecule has 2 bridgehead atoms. The number of allylic oxidation sites excluding steroid dienone is 1. The Morgan fingerprint density at radius 3 is 2.58 bits per heavy atom. The van der Waals surface area contributed by atoms with Gasteiger partial charge in [0.1, 0.15) is 23.4 Å². The van der Waals surface area contributed by atoms with Gasteiger partial charge in [-0.25, -0.2) is 4.99 Å². The van der Waals surface area contributed by atoms with E-state index in [0.717, 1.165) is 38.9 Å². The number of piperidine rings is 1. The van der Waals surface area contributed by atoms with Crippen LogP contribution >= 0.6 is 0 Å². The number of benzene rings is 1. The van der Waals surface area contributed by atoms with Crippen LogP contribution in [0.3, 0.4) is 0 Å². The van der Waals surface area contributed by atoms with Crippen LogP contribution in [-0.4, -0.2) is 52.2 Å². The highest BCUT2D eigenvalue weighted by Crippen LogP contribution is 2.42. The topological polar surface area (TPSA) is 84.0 Å². The van der Waals surface area contributed by atoms with Crippen LogP contribution in [0.25, 0.3) is 0 Å². The summed E-state index contributed by atoms with van der Waals surface area (Å²) in [6, 6.07) is 10.6. The Morgan fingerprint density at radius 2 is 1.88 bits per heavy atom. The van der Waals surface area contributed by atoms with Crippen molar-refractivity contribution in [1.82, 2.24) is 4.90 Å². The normalized spacial score (nSPS) is 27.0. The van der Waals surface area contributed by atoms with E-state index >= 15 is 0 Å². The van der Waals surface area contributed by atoms with Crippen molar-refractivity contribution < 1.29 is 24.7 Å². The average molecular weight is 357 g/mol. The largest absolute Gasteiger partial charge is 0.493 e. The zero-order chi connectivity index (χ0) is 18.1. The molecule has 2 atom stereocenters. The maximum Gasteiger partial charge on any atom is 0.366 e. The number of carboxylic acids is 1. The van der Waals surface area contributed by atoms with Gasteiger partial charge in [0.25, 0.3) is 0 Å². The van der Waals surface area contributed by atoms with E-state index in [-0.39, 0.29) is 18.0 Å². The minimum absolute atomic E-state index is 0.00360. The van der Waals surface area contributed by atoms with Gasteiger partial charge in [0.15, 0.2) is 6.04 Å². The number of carbonyl (C=O) groups is 1. The van der Waals surface area contributed by atoms with Crippen molar-refractivity contribution in [2.75, 3.05) is 13.1 Å². The van der Waals surface area contributed by atoms with Crippen LogP contribution in [0.5, 0.6) is 0 Å². The molecule has 0 amide bonds. The Bertz CT molecular complexity index is 735. The molecular weight excluding hydrogens is 332 g/mol. The minimum Gasteiger partial charge on any atom is -0.493 e. The summed E-state index contributed by atoms with van der Waals surface area (Å²) in [5.41, 5.74) is 1.77. The van der Waals surface area contributed by atoms with Gasteiger partial charge in [-0.3, -0.25) is 9.69 Å². The maximum absolute atomic E-state index is 11.5. The second kappa shape index (κ2) is 7.11. The number of aliphatic hydroxyl groups excluding tert-OH is 1. The summed E-state index contributed by atoms with van der Waals surface area (Å²) in [6.45, 7) is 2.84. The molecule has 0 radical (unpaired) electrons. The Hall–Kier alpha value is -2.34. The Morgan fingerprint density at radius 1 is 1.15 bits per heavy atom. The molecule has 1 aromatic rings. The summed E-state index contributed by atoms with van der Waals surface area (Å²) in [5, 5.41) is 20.0. The standard InChI is InChI=1S/C20H24N2O4/c23-19(17-15-6-7-16(26-15)18(17)20(24)25)21-14-8-10-22(11-9-14)12-13-4-2-1-3-5-13/h1-5,14,16,18H,6-12H2,(H,21,23)(H,24,25)/p+1/t16-,18?/m0/s1. The first-order valence-electron chi connectivity index (χ1n) is 9.33. The third kappa shape index (κ3) is 3.33. The Labute approximate surface area is 152 Å². The van der Waals surface area contributed by atoms with Crippen LogP contribution in [0.2, 0.25) is 0 Å². The fourth-order valence-electron chi connectivity index (χ4n) is 4.28. The molecule has 6 heteroatoms. The highest BCUT2D eigenvalue weighted by molar-refractivity contribution is 5.96. The molecule has 3 heterocycles. The molecule has 1 aromatic carbocycles. The van der Waals surface area contributed by atoms with Gasteiger partial charge in [-0.15, -0.1) is 0 Å². The number of hydrogen-bond acceptors (Lipinski definition) is 3. The molecular formula is C20H25N2O4+. The number of carboxylic acid groups (broad SMARTS) is 1. The lowest BCUT2D eigenvalue weighted by molar-refractivity contribution is -0.515. The van der Waals surface area contributed by atoms with Gasteiger partial charge in [0.05, 0.1) is 0 Å². The molecule has 0 spiro atoms. The van der Waals surface area contributed by atoms with Gasteiger partial charge in [-0.05, 0) is 12.0 Å². The molecule has 2 saturated heterocycles. The highest BCUT2D eigenvalue weighted by atomic mass is 16.5. The average Bonchev–Trinajstić information content (AvgIpc) is 3.25. The summed E-state index contributed by atoms with van der Waals surface area (Å²) in [4.78, 5) is 17.1. The lowest BCUT2D eigenvalue weighted by Crippen LogP contribution is -2.81. The van der Waals surface area contributed by atoms with Crippen LogP contribution < -0.4 is 4.99 Å². The van der Waals surface area contributed by atoms with Crippen molar-refractivity contribution in [3.05, 3.63) is 47.2 Å². The van der Waals surface area contributed by atoms with Crippen LogP contribution in [0.1, 0.15) is 31.2 Å². The van der Waals surface area contributed by atoms with Gasteiger partial charge in [-0.2, -0.15) is 0 Å². The van der Waals surface area contributed by atoms with Gasteiger partial charge in [0.2, 0.25) is 0 Å². The zero-order valence-electron chi connectivity index (χ0n) is 14.7. The van der Waals surface area contributed by atoms with Crippen molar-refractivity contribution >= 4 is 11.9 Å². The third-order valence-electron chi connectivity index (χ3n) is 5.63. The second-order valence-electron chi connectivity index (χ2n) is 7.38. The van der Waals surface area contributed by atoms with E-state index in [1.165, 1.54) is 5.56 Å². The van der Waals surface area contributed by atoms with E-state index in [1.807, 2.05) is 6.07 Å². The Balaban J connectivity index is 1.38. The number of ether oxygens (including phenoxy) is 1. The molecule has 0 saturated carbocycles. The molecule has 138 valence electrons. The zero-order valence-corrected chi connectivity index (χ0v) is 14.7. The summed E-state index contributed by atoms with van der Waals surface area (Å²) in [5.74, 6) is -1.03. The second-order valence-corrected chi connectivity index (χ2v) is 7.38. The van der Waals surface area contributed by atoms with Crippen LogP contribution in [-0.2, 0) is 16.1 Å². The molecule has 3 aliphatic rings. The van der Waals surface area contributed by atoms with Crippen LogP contribution in [0.15, 0.2) is 41.7 Å². The van der Waals surface area contributed by atoms with Crippen molar-refractivity contribution in [1.29, 1.82) is 0 Å². The fraction of sp³-hybridized carbons (Fsp3) is 0.500. The van der Waals surface area contributed by atoms with E-state index in [4.69, 9.17) is 4.74 Å². The van der Waals surface area contributed by atoms with E-state index in [2.05, 4.69) is 34.2 Å².